The van der Waals surface area contributed by atoms with Crippen molar-refractivity contribution in [3.63, 3.8) is 0 Å². The van der Waals surface area contributed by atoms with Crippen LogP contribution in [0.25, 0.3) is 11.1 Å². The molecule has 3 atom stereocenters. The minimum Gasteiger partial charge on any atom is -0.472 e. The van der Waals surface area contributed by atoms with Crippen LogP contribution in [0.15, 0.2) is 36.5 Å². The first-order chi connectivity index (χ1) is 14.7. The lowest BCUT2D eigenvalue weighted by atomic mass is 9.99. The molecular weight excluding hydrogens is 401 g/mol. The van der Waals surface area contributed by atoms with Crippen LogP contribution in [0.3, 0.4) is 0 Å². The third kappa shape index (κ3) is 5.02. The first-order valence-corrected chi connectivity index (χ1v) is 10.3. The van der Waals surface area contributed by atoms with Gasteiger partial charge in [0.2, 0.25) is 11.8 Å². The first kappa shape index (κ1) is 22.7. The van der Waals surface area contributed by atoms with E-state index in [1.165, 1.54) is 19.1 Å². The van der Waals surface area contributed by atoms with Gasteiger partial charge in [0.1, 0.15) is 17.5 Å². The Balaban J connectivity index is 2.06. The molecule has 1 aliphatic heterocycles. The van der Waals surface area contributed by atoms with Gasteiger partial charge in [-0.05, 0) is 30.7 Å². The second-order valence-corrected chi connectivity index (χ2v) is 8.11. The number of fused-ring (bicyclic) bond motifs is 1. The molecule has 1 aromatic heterocycles. The number of aliphatic hydroxyl groups excluding tert-OH is 1. The molecule has 1 aliphatic rings. The highest BCUT2D eigenvalue weighted by Gasteiger charge is 2.34. The normalized spacial score (nSPS) is 19.7. The van der Waals surface area contributed by atoms with Gasteiger partial charge < -0.3 is 19.6 Å². The van der Waals surface area contributed by atoms with E-state index in [0.717, 1.165) is 0 Å². The Labute approximate surface area is 181 Å². The summed E-state index contributed by atoms with van der Waals surface area (Å²) < 4.78 is 19.8. The number of carbonyl (C=O) groups is 2. The fourth-order valence-corrected chi connectivity index (χ4v) is 3.54. The number of amides is 2. The van der Waals surface area contributed by atoms with Gasteiger partial charge in [-0.2, -0.15) is 0 Å². The maximum atomic E-state index is 13.7. The first-order valence-electron chi connectivity index (χ1n) is 10.3. The molecule has 3 rings (SSSR count). The van der Waals surface area contributed by atoms with Crippen molar-refractivity contribution in [1.29, 1.82) is 0 Å². The number of pyridine rings is 1. The van der Waals surface area contributed by atoms with E-state index in [1.54, 1.807) is 48.2 Å². The number of likely N-dealkylation sites (N-methyl/N-ethyl adjacent to an activating group) is 1. The maximum absolute atomic E-state index is 13.7. The summed E-state index contributed by atoms with van der Waals surface area (Å²) in [5.41, 5.74) is 1.41. The van der Waals surface area contributed by atoms with Crippen molar-refractivity contribution in [3.05, 3.63) is 47.9 Å². The predicted octanol–water partition coefficient (Wildman–Crippen LogP) is 2.59. The van der Waals surface area contributed by atoms with Gasteiger partial charge in [0, 0.05) is 38.2 Å². The molecule has 0 saturated carbocycles. The molecule has 2 amide bonds. The Kier molecular flexibility index (Phi) is 6.90. The van der Waals surface area contributed by atoms with Crippen LogP contribution in [0.4, 0.5) is 4.39 Å². The Morgan fingerprint density at radius 3 is 2.77 bits per heavy atom. The van der Waals surface area contributed by atoms with E-state index >= 15 is 0 Å². The van der Waals surface area contributed by atoms with Crippen LogP contribution in [0.1, 0.15) is 31.1 Å². The van der Waals surface area contributed by atoms with Gasteiger partial charge in [0.25, 0.3) is 5.91 Å². The van der Waals surface area contributed by atoms with E-state index in [2.05, 4.69) is 4.98 Å². The second kappa shape index (κ2) is 9.43. The molecule has 1 aromatic carbocycles. The van der Waals surface area contributed by atoms with Crippen LogP contribution >= 0.6 is 0 Å². The fourth-order valence-electron chi connectivity index (χ4n) is 3.54. The number of halogens is 1. The van der Waals surface area contributed by atoms with Crippen LogP contribution in [0.2, 0.25) is 0 Å². The molecule has 8 heteroatoms. The molecule has 0 saturated heterocycles. The smallest absolute Gasteiger partial charge is 0.259 e. The lowest BCUT2D eigenvalue weighted by molar-refractivity contribution is -0.129. The number of benzene rings is 1. The molecule has 166 valence electrons. The van der Waals surface area contributed by atoms with Crippen LogP contribution in [-0.2, 0) is 4.79 Å². The van der Waals surface area contributed by atoms with Gasteiger partial charge in [-0.1, -0.05) is 19.1 Å². The van der Waals surface area contributed by atoms with Crippen molar-refractivity contribution in [3.8, 4) is 17.0 Å². The highest BCUT2D eigenvalue weighted by Crippen LogP contribution is 2.30. The summed E-state index contributed by atoms with van der Waals surface area (Å²) in [6, 6.07) is 7.28. The molecule has 0 spiro atoms. The van der Waals surface area contributed by atoms with Crippen molar-refractivity contribution in [2.24, 2.45) is 5.92 Å². The molecule has 0 unspecified atom stereocenters. The standard InChI is InChI=1S/C23H28FN3O4/c1-14-11-27(15(2)13-28)23(30)20-9-18(17-6-5-7-19(24)8-17)10-25-22(20)31-21(14)12-26(4)16(3)29/h5-10,14-15,21,28H,11-13H2,1-4H3/t14-,15-,21+/m1/s1. The number of nitrogens with zero attached hydrogens (tertiary/aromatic N) is 3. The number of ether oxygens (including phenoxy) is 1. The van der Waals surface area contributed by atoms with Crippen LogP contribution in [0.5, 0.6) is 5.88 Å². The van der Waals surface area contributed by atoms with E-state index in [-0.39, 0.29) is 41.6 Å². The van der Waals surface area contributed by atoms with Gasteiger partial charge in [0.15, 0.2) is 0 Å². The highest BCUT2D eigenvalue weighted by molar-refractivity contribution is 5.98. The maximum Gasteiger partial charge on any atom is 0.259 e. The third-order valence-electron chi connectivity index (χ3n) is 5.67. The summed E-state index contributed by atoms with van der Waals surface area (Å²) in [5.74, 6) is -0.744. The van der Waals surface area contributed by atoms with Crippen molar-refractivity contribution >= 4 is 11.8 Å². The number of aliphatic hydroxyl groups is 1. The fraction of sp³-hybridized carbons (Fsp3) is 0.435. The van der Waals surface area contributed by atoms with Crippen molar-refractivity contribution in [1.82, 2.24) is 14.8 Å². The summed E-state index contributed by atoms with van der Waals surface area (Å²) in [6.07, 6.45) is 1.14. The summed E-state index contributed by atoms with van der Waals surface area (Å²) in [6.45, 7) is 5.68. The van der Waals surface area contributed by atoms with Crippen molar-refractivity contribution < 1.29 is 23.8 Å². The summed E-state index contributed by atoms with van der Waals surface area (Å²) in [7, 11) is 1.69. The SMILES string of the molecule is CC(=O)N(C)C[C@@H]1Oc2ncc(-c3cccc(F)c3)cc2C(=O)N([C@H](C)CO)C[C@H]1C. The van der Waals surface area contributed by atoms with Gasteiger partial charge in [-0.3, -0.25) is 9.59 Å². The van der Waals surface area contributed by atoms with Crippen molar-refractivity contribution in [2.75, 3.05) is 26.7 Å². The van der Waals surface area contributed by atoms with Gasteiger partial charge in [-0.15, -0.1) is 0 Å². The summed E-state index contributed by atoms with van der Waals surface area (Å²) in [5, 5.41) is 9.71. The number of rotatable bonds is 5. The molecule has 1 N–H and O–H groups in total. The Morgan fingerprint density at radius 1 is 1.39 bits per heavy atom. The van der Waals surface area contributed by atoms with Gasteiger partial charge in [0.05, 0.1) is 19.2 Å². The zero-order valence-electron chi connectivity index (χ0n) is 18.2. The molecular formula is C23H28FN3O4. The molecule has 2 heterocycles. The molecule has 0 fully saturated rings. The topological polar surface area (TPSA) is 83.0 Å². The Morgan fingerprint density at radius 2 is 2.13 bits per heavy atom. The number of carbonyl (C=O) groups excluding carboxylic acids is 2. The second-order valence-electron chi connectivity index (χ2n) is 8.11. The van der Waals surface area contributed by atoms with E-state index in [1.807, 2.05) is 6.92 Å². The molecule has 7 nitrogen and oxygen atoms in total. The minimum atomic E-state index is -0.412. The average molecular weight is 429 g/mol. The van der Waals surface area contributed by atoms with Gasteiger partial charge >= 0.3 is 0 Å². The molecule has 0 aliphatic carbocycles. The molecule has 31 heavy (non-hydrogen) atoms. The summed E-state index contributed by atoms with van der Waals surface area (Å²) in [4.78, 5) is 32.7. The van der Waals surface area contributed by atoms with E-state index < -0.39 is 12.1 Å². The quantitative estimate of drug-likeness (QED) is 0.790. The summed E-state index contributed by atoms with van der Waals surface area (Å²) >= 11 is 0. The highest BCUT2D eigenvalue weighted by atomic mass is 19.1. The van der Waals surface area contributed by atoms with Crippen LogP contribution in [0, 0.1) is 11.7 Å². The number of hydrogen-bond donors (Lipinski definition) is 1. The largest absolute Gasteiger partial charge is 0.472 e. The molecule has 0 bridgehead atoms. The predicted molar refractivity (Wildman–Crippen MR) is 114 cm³/mol. The zero-order valence-corrected chi connectivity index (χ0v) is 18.2. The number of aromatic nitrogens is 1. The van der Waals surface area contributed by atoms with Crippen molar-refractivity contribution in [2.45, 2.75) is 32.9 Å². The minimum absolute atomic E-state index is 0.0934. The lowest BCUT2D eigenvalue weighted by Gasteiger charge is -2.37. The third-order valence-corrected chi connectivity index (χ3v) is 5.67. The average Bonchev–Trinajstić information content (AvgIpc) is 2.75. The molecule has 0 radical (unpaired) electrons. The van der Waals surface area contributed by atoms with Crippen LogP contribution in [-0.4, -0.2) is 70.6 Å². The van der Waals surface area contributed by atoms with Gasteiger partial charge in [-0.25, -0.2) is 9.37 Å². The van der Waals surface area contributed by atoms with Crippen LogP contribution < -0.4 is 4.74 Å². The van der Waals surface area contributed by atoms with E-state index in [0.29, 0.717) is 24.2 Å². The Bertz CT molecular complexity index is 968. The van der Waals surface area contributed by atoms with E-state index in [4.69, 9.17) is 4.74 Å². The van der Waals surface area contributed by atoms with E-state index in [9.17, 15) is 19.1 Å². The molecule has 2 aromatic rings. The zero-order chi connectivity index (χ0) is 22.7. The Hall–Kier alpha value is -3.00. The monoisotopic (exact) mass is 429 g/mol. The number of hydrogen-bond acceptors (Lipinski definition) is 5. The lowest BCUT2D eigenvalue weighted by Crippen LogP contribution is -2.50.